The molecule has 3 aromatic rings. The van der Waals surface area contributed by atoms with E-state index in [9.17, 15) is 4.79 Å². The minimum atomic E-state index is -0.198. The average molecular weight is 273 g/mol. The van der Waals surface area contributed by atoms with Gasteiger partial charge in [0.1, 0.15) is 11.4 Å². The summed E-state index contributed by atoms with van der Waals surface area (Å²) in [4.78, 5) is 19.1. The molecule has 2 heterocycles. The lowest BCUT2D eigenvalue weighted by Crippen LogP contribution is -2.11. The maximum Gasteiger partial charge on any atom is 0.273 e. The van der Waals surface area contributed by atoms with Crippen LogP contribution in [0.15, 0.2) is 36.5 Å². The molecule has 0 fully saturated rings. The number of anilines is 1. The SMILES string of the molecule is COc1ccc2sc(NC(=O)c3ccc[nH]3)nc2c1. The number of amides is 1. The molecule has 6 heteroatoms. The fourth-order valence-electron chi connectivity index (χ4n) is 1.72. The summed E-state index contributed by atoms with van der Waals surface area (Å²) in [5.41, 5.74) is 1.32. The van der Waals surface area contributed by atoms with E-state index in [1.54, 1.807) is 25.4 Å². The Morgan fingerprint density at radius 3 is 3.05 bits per heavy atom. The lowest BCUT2D eigenvalue weighted by molar-refractivity contribution is 0.102. The molecule has 0 unspecified atom stereocenters. The van der Waals surface area contributed by atoms with Crippen LogP contribution in [0.1, 0.15) is 10.5 Å². The van der Waals surface area contributed by atoms with Crippen LogP contribution in [0.25, 0.3) is 10.2 Å². The van der Waals surface area contributed by atoms with Crippen LogP contribution >= 0.6 is 11.3 Å². The number of hydrogen-bond donors (Lipinski definition) is 2. The Morgan fingerprint density at radius 1 is 1.42 bits per heavy atom. The summed E-state index contributed by atoms with van der Waals surface area (Å²) in [6, 6.07) is 9.13. The molecule has 0 aliphatic heterocycles. The van der Waals surface area contributed by atoms with Crippen LogP contribution in [0.4, 0.5) is 5.13 Å². The second-order valence-corrected chi connectivity index (χ2v) is 4.92. The number of H-pyrrole nitrogens is 1. The molecule has 0 radical (unpaired) electrons. The van der Waals surface area contributed by atoms with Gasteiger partial charge < -0.3 is 9.72 Å². The van der Waals surface area contributed by atoms with Gasteiger partial charge >= 0.3 is 0 Å². The highest BCUT2D eigenvalue weighted by Crippen LogP contribution is 2.28. The van der Waals surface area contributed by atoms with Crippen molar-refractivity contribution < 1.29 is 9.53 Å². The van der Waals surface area contributed by atoms with Crippen LogP contribution in [0.2, 0.25) is 0 Å². The third-order valence-corrected chi connectivity index (χ3v) is 3.61. The molecule has 1 aromatic carbocycles. The van der Waals surface area contributed by atoms with E-state index in [2.05, 4.69) is 15.3 Å². The van der Waals surface area contributed by atoms with Gasteiger partial charge in [-0.1, -0.05) is 11.3 Å². The zero-order valence-corrected chi connectivity index (χ0v) is 11.0. The number of carbonyl (C=O) groups excluding carboxylic acids is 1. The number of fused-ring (bicyclic) bond motifs is 1. The molecule has 5 nitrogen and oxygen atoms in total. The smallest absolute Gasteiger partial charge is 0.273 e. The summed E-state index contributed by atoms with van der Waals surface area (Å²) in [5.74, 6) is 0.552. The van der Waals surface area contributed by atoms with Crippen LogP contribution in [0, 0.1) is 0 Å². The maximum absolute atomic E-state index is 11.9. The highest BCUT2D eigenvalue weighted by molar-refractivity contribution is 7.22. The molecule has 2 N–H and O–H groups in total. The van der Waals surface area contributed by atoms with Gasteiger partial charge in [0.2, 0.25) is 0 Å². The van der Waals surface area contributed by atoms with Crippen molar-refractivity contribution in [2.24, 2.45) is 0 Å². The summed E-state index contributed by atoms with van der Waals surface area (Å²) >= 11 is 1.43. The van der Waals surface area contributed by atoms with E-state index in [0.29, 0.717) is 10.8 Å². The molecule has 0 saturated heterocycles. The number of ether oxygens (including phenoxy) is 1. The van der Waals surface area contributed by atoms with Crippen LogP contribution in [0.3, 0.4) is 0 Å². The van der Waals surface area contributed by atoms with Crippen LogP contribution in [-0.2, 0) is 0 Å². The number of nitrogens with one attached hydrogen (secondary N) is 2. The van der Waals surface area contributed by atoms with Gasteiger partial charge in [-0.2, -0.15) is 0 Å². The fourth-order valence-corrected chi connectivity index (χ4v) is 2.56. The standard InChI is InChI=1S/C13H11N3O2S/c1-18-8-4-5-11-10(7-8)15-13(19-11)16-12(17)9-3-2-6-14-9/h2-7,14H,1H3,(H,15,16,17). The minimum Gasteiger partial charge on any atom is -0.497 e. The number of rotatable bonds is 3. The minimum absolute atomic E-state index is 0.198. The van der Waals surface area contributed by atoms with Gasteiger partial charge in [0, 0.05) is 12.3 Å². The van der Waals surface area contributed by atoms with Crippen molar-refractivity contribution in [3.8, 4) is 5.75 Å². The first-order valence-corrected chi connectivity index (χ1v) is 6.47. The summed E-state index contributed by atoms with van der Waals surface area (Å²) in [7, 11) is 1.61. The Kier molecular flexibility index (Phi) is 2.92. The van der Waals surface area contributed by atoms with Crippen molar-refractivity contribution in [3.63, 3.8) is 0 Å². The normalized spacial score (nSPS) is 10.6. The molecule has 0 saturated carbocycles. The topological polar surface area (TPSA) is 67.0 Å². The van der Waals surface area contributed by atoms with Gasteiger partial charge in [-0.3, -0.25) is 10.1 Å². The van der Waals surface area contributed by atoms with E-state index >= 15 is 0 Å². The predicted molar refractivity (Wildman–Crippen MR) is 74.9 cm³/mol. The van der Waals surface area contributed by atoms with E-state index in [0.717, 1.165) is 16.0 Å². The largest absolute Gasteiger partial charge is 0.497 e. The van der Waals surface area contributed by atoms with Crippen LogP contribution < -0.4 is 10.1 Å². The number of benzene rings is 1. The summed E-state index contributed by atoms with van der Waals surface area (Å²) in [6.07, 6.45) is 1.71. The van der Waals surface area contributed by atoms with E-state index in [1.165, 1.54) is 11.3 Å². The number of hydrogen-bond acceptors (Lipinski definition) is 4. The van der Waals surface area contributed by atoms with Crippen LogP contribution in [0.5, 0.6) is 5.75 Å². The van der Waals surface area contributed by atoms with Crippen molar-refractivity contribution >= 4 is 32.6 Å². The molecule has 96 valence electrons. The lowest BCUT2D eigenvalue weighted by atomic mass is 10.3. The zero-order chi connectivity index (χ0) is 13.2. The van der Waals surface area contributed by atoms with Gasteiger partial charge in [0.15, 0.2) is 5.13 Å². The molecule has 0 aliphatic rings. The molecule has 0 atom stereocenters. The summed E-state index contributed by atoms with van der Waals surface area (Å²) in [6.45, 7) is 0. The first kappa shape index (κ1) is 11.7. The molecule has 19 heavy (non-hydrogen) atoms. The van der Waals surface area contributed by atoms with Gasteiger partial charge in [0.25, 0.3) is 5.91 Å². The van der Waals surface area contributed by atoms with E-state index in [4.69, 9.17) is 4.74 Å². The summed E-state index contributed by atoms with van der Waals surface area (Å²) in [5, 5.41) is 3.34. The third-order valence-electron chi connectivity index (χ3n) is 2.66. The maximum atomic E-state index is 11.9. The van der Waals surface area contributed by atoms with Crippen LogP contribution in [-0.4, -0.2) is 23.0 Å². The van der Waals surface area contributed by atoms with E-state index in [-0.39, 0.29) is 5.91 Å². The number of aromatic amines is 1. The molecule has 0 aliphatic carbocycles. The Morgan fingerprint density at radius 2 is 2.32 bits per heavy atom. The molecule has 3 rings (SSSR count). The van der Waals surface area contributed by atoms with Crippen molar-refractivity contribution in [1.29, 1.82) is 0 Å². The first-order chi connectivity index (χ1) is 9.26. The van der Waals surface area contributed by atoms with Gasteiger partial charge in [-0.15, -0.1) is 0 Å². The average Bonchev–Trinajstić information content (AvgIpc) is 3.06. The number of methoxy groups -OCH3 is 1. The molecule has 2 aromatic heterocycles. The molecule has 1 amide bonds. The molecule has 0 bridgehead atoms. The predicted octanol–water partition coefficient (Wildman–Crippen LogP) is 2.89. The monoisotopic (exact) mass is 273 g/mol. The Bertz CT molecular complexity index is 719. The highest BCUT2D eigenvalue weighted by Gasteiger charge is 2.10. The fraction of sp³-hybridized carbons (Fsp3) is 0.0769. The number of thiazole rings is 1. The Labute approximate surface area is 113 Å². The van der Waals surface area contributed by atoms with Crippen molar-refractivity contribution in [2.75, 3.05) is 12.4 Å². The van der Waals surface area contributed by atoms with Crippen molar-refractivity contribution in [3.05, 3.63) is 42.2 Å². The number of nitrogens with zero attached hydrogens (tertiary/aromatic N) is 1. The molecule has 0 spiro atoms. The summed E-state index contributed by atoms with van der Waals surface area (Å²) < 4.78 is 6.15. The zero-order valence-electron chi connectivity index (χ0n) is 10.1. The van der Waals surface area contributed by atoms with E-state index in [1.807, 2.05) is 18.2 Å². The van der Waals surface area contributed by atoms with Crippen molar-refractivity contribution in [1.82, 2.24) is 9.97 Å². The van der Waals surface area contributed by atoms with E-state index < -0.39 is 0 Å². The number of carbonyl (C=O) groups is 1. The quantitative estimate of drug-likeness (QED) is 0.771. The van der Waals surface area contributed by atoms with Crippen molar-refractivity contribution in [2.45, 2.75) is 0 Å². The molecular weight excluding hydrogens is 262 g/mol. The second-order valence-electron chi connectivity index (χ2n) is 3.89. The second kappa shape index (κ2) is 4.74. The first-order valence-electron chi connectivity index (χ1n) is 5.65. The van der Waals surface area contributed by atoms with Gasteiger partial charge in [-0.25, -0.2) is 4.98 Å². The molecular formula is C13H11N3O2S. The third kappa shape index (κ3) is 2.30. The lowest BCUT2D eigenvalue weighted by Gasteiger charge is -1.97. The van der Waals surface area contributed by atoms with Gasteiger partial charge in [0.05, 0.1) is 17.3 Å². The van der Waals surface area contributed by atoms with Gasteiger partial charge in [-0.05, 0) is 24.3 Å². The Hall–Kier alpha value is -2.34. The Balaban J connectivity index is 1.87. The number of aromatic nitrogens is 2. The highest BCUT2D eigenvalue weighted by atomic mass is 32.1.